The van der Waals surface area contributed by atoms with E-state index in [0.29, 0.717) is 11.8 Å². The van der Waals surface area contributed by atoms with Gasteiger partial charge < -0.3 is 0 Å². The second-order valence-corrected chi connectivity index (χ2v) is 9.83. The van der Waals surface area contributed by atoms with Crippen LogP contribution in [0.4, 0.5) is 0 Å². The molecule has 2 heteroatoms. The molecule has 0 aliphatic carbocycles. The lowest BCUT2D eigenvalue weighted by molar-refractivity contribution is -0.597. The Morgan fingerprint density at radius 1 is 0.710 bits per heavy atom. The van der Waals surface area contributed by atoms with E-state index in [2.05, 4.69) is 117 Å². The molecule has 1 aromatic heterocycles. The fraction of sp³-hybridized carbons (Fsp3) is 0.276. The monoisotopic (exact) mass is 426 g/mol. The van der Waals surface area contributed by atoms with Gasteiger partial charge in [-0.1, -0.05) is 91.9 Å². The van der Waals surface area contributed by atoms with Crippen LogP contribution in [0.25, 0.3) is 5.69 Å². The van der Waals surface area contributed by atoms with E-state index < -0.39 is 0 Å². The summed E-state index contributed by atoms with van der Waals surface area (Å²) in [5.74, 6) is 0.927. The molecule has 0 N–H and O–H groups in total. The molecule has 0 radical (unpaired) electrons. The molecule has 0 saturated carbocycles. The fourth-order valence-electron chi connectivity index (χ4n) is 4.26. The Morgan fingerprint density at radius 3 is 1.61 bits per heavy atom. The van der Waals surface area contributed by atoms with E-state index in [1.54, 1.807) is 0 Å². The molecule has 0 bridgehead atoms. The maximum Gasteiger partial charge on any atom is 0.231 e. The van der Waals surface area contributed by atoms with E-state index in [-0.39, 0.29) is 0 Å². The topological polar surface area (TPSA) is 3.88 Å². The highest BCUT2D eigenvalue weighted by Gasteiger charge is 2.20. The summed E-state index contributed by atoms with van der Waals surface area (Å²) < 4.78 is 2.36. The summed E-state index contributed by atoms with van der Waals surface area (Å²) in [5.41, 5.74) is 10.5. The van der Waals surface area contributed by atoms with Gasteiger partial charge in [-0.05, 0) is 53.9 Å². The molecular weight excluding hydrogens is 394 g/mol. The molecule has 2 unspecified atom stereocenters. The molecule has 4 rings (SSSR count). The lowest BCUT2D eigenvalue weighted by Crippen LogP contribution is -2.31. The standard InChI is InChI=1S/C29H32NS/c1-21(15-25-11-7-5-8-12-25)27-17-28(22(2)16-26-13-9-6-10-14-26)19-29(18-27)30-20-31-24(4)23(30)3/h5-14,17-22H,15-16H2,1-4H3/q+1. The average Bonchev–Trinajstić information content (AvgIpc) is 3.13. The zero-order valence-electron chi connectivity index (χ0n) is 19.0. The van der Waals surface area contributed by atoms with Crippen molar-refractivity contribution in [1.82, 2.24) is 0 Å². The van der Waals surface area contributed by atoms with Crippen molar-refractivity contribution in [2.75, 3.05) is 0 Å². The molecule has 31 heavy (non-hydrogen) atoms. The first-order valence-corrected chi connectivity index (χ1v) is 12.1. The Morgan fingerprint density at radius 2 is 1.19 bits per heavy atom. The van der Waals surface area contributed by atoms with Crippen molar-refractivity contribution in [3.05, 3.63) is 117 Å². The number of rotatable bonds is 7. The molecule has 4 aromatic rings. The number of benzene rings is 3. The zero-order valence-corrected chi connectivity index (χ0v) is 19.8. The lowest BCUT2D eigenvalue weighted by atomic mass is 9.87. The second kappa shape index (κ2) is 9.62. The van der Waals surface area contributed by atoms with Crippen molar-refractivity contribution in [1.29, 1.82) is 0 Å². The van der Waals surface area contributed by atoms with Gasteiger partial charge >= 0.3 is 0 Å². The van der Waals surface area contributed by atoms with Gasteiger partial charge in [-0.25, -0.2) is 0 Å². The van der Waals surface area contributed by atoms with Gasteiger partial charge in [-0.15, -0.1) is 0 Å². The van der Waals surface area contributed by atoms with Crippen LogP contribution < -0.4 is 4.57 Å². The van der Waals surface area contributed by atoms with Gasteiger partial charge in [0, 0.05) is 19.1 Å². The number of nitrogens with zero attached hydrogens (tertiary/aromatic N) is 1. The highest BCUT2D eigenvalue weighted by molar-refractivity contribution is 7.09. The van der Waals surface area contributed by atoms with E-state index >= 15 is 0 Å². The summed E-state index contributed by atoms with van der Waals surface area (Å²) in [6.07, 6.45) is 2.12. The summed E-state index contributed by atoms with van der Waals surface area (Å²) in [5, 5.41) is 0. The van der Waals surface area contributed by atoms with Crippen molar-refractivity contribution in [2.45, 2.75) is 52.4 Å². The third-order valence-electron chi connectivity index (χ3n) is 6.35. The third-order valence-corrected chi connectivity index (χ3v) is 7.32. The van der Waals surface area contributed by atoms with Crippen LogP contribution in [-0.2, 0) is 12.8 Å². The van der Waals surface area contributed by atoms with E-state index in [1.807, 2.05) is 11.3 Å². The van der Waals surface area contributed by atoms with Crippen LogP contribution >= 0.6 is 11.3 Å². The zero-order chi connectivity index (χ0) is 21.8. The molecule has 0 amide bonds. The number of aryl methyl sites for hydroxylation is 1. The molecule has 0 fully saturated rings. The predicted octanol–water partition coefficient (Wildman–Crippen LogP) is 7.33. The molecule has 0 saturated heterocycles. The van der Waals surface area contributed by atoms with Crippen LogP contribution in [0, 0.1) is 13.8 Å². The van der Waals surface area contributed by atoms with Crippen molar-refractivity contribution >= 4 is 11.3 Å². The van der Waals surface area contributed by atoms with Crippen LogP contribution in [0.1, 0.15) is 58.5 Å². The van der Waals surface area contributed by atoms with Crippen LogP contribution in [0.15, 0.2) is 84.4 Å². The first-order valence-electron chi connectivity index (χ1n) is 11.2. The van der Waals surface area contributed by atoms with Gasteiger partial charge in [0.05, 0.1) is 4.88 Å². The van der Waals surface area contributed by atoms with E-state index in [1.165, 1.54) is 38.5 Å². The predicted molar refractivity (Wildman–Crippen MR) is 132 cm³/mol. The maximum atomic E-state index is 2.44. The van der Waals surface area contributed by atoms with Gasteiger partial charge in [0.15, 0.2) is 5.69 Å². The van der Waals surface area contributed by atoms with Crippen molar-refractivity contribution in [3.63, 3.8) is 0 Å². The van der Waals surface area contributed by atoms with Crippen LogP contribution in [0.2, 0.25) is 0 Å². The normalized spacial score (nSPS) is 13.2. The summed E-state index contributed by atoms with van der Waals surface area (Å²) in [4.78, 5) is 1.38. The van der Waals surface area contributed by atoms with E-state index in [4.69, 9.17) is 0 Å². The molecular formula is C29H32NS+. The summed E-state index contributed by atoms with van der Waals surface area (Å²) >= 11 is 1.82. The van der Waals surface area contributed by atoms with Gasteiger partial charge in [0.1, 0.15) is 0 Å². The molecule has 1 nitrogen and oxygen atoms in total. The smallest absolute Gasteiger partial charge is 0.154 e. The Balaban J connectivity index is 1.70. The largest absolute Gasteiger partial charge is 0.231 e. The third kappa shape index (κ3) is 5.14. The average molecular weight is 427 g/mol. The minimum absolute atomic E-state index is 0.464. The number of hydrogen-bond donors (Lipinski definition) is 0. The first kappa shape index (κ1) is 21.5. The fourth-order valence-corrected chi connectivity index (χ4v) is 5.07. The van der Waals surface area contributed by atoms with E-state index in [9.17, 15) is 0 Å². The van der Waals surface area contributed by atoms with Crippen LogP contribution in [0.3, 0.4) is 0 Å². The summed E-state index contributed by atoms with van der Waals surface area (Å²) in [6.45, 7) is 9.14. The minimum Gasteiger partial charge on any atom is -0.154 e. The van der Waals surface area contributed by atoms with Gasteiger partial charge in [0.25, 0.3) is 0 Å². The van der Waals surface area contributed by atoms with Gasteiger partial charge in [-0.2, -0.15) is 4.57 Å². The Kier molecular flexibility index (Phi) is 6.67. The summed E-state index contributed by atoms with van der Waals surface area (Å²) in [7, 11) is 0. The quantitative estimate of drug-likeness (QED) is 0.272. The minimum atomic E-state index is 0.464. The SMILES string of the molecule is Cc1sc[n+](-c2cc(C(C)Cc3ccccc3)cc(C(C)Cc3ccccc3)c2)c1C. The molecule has 0 aliphatic rings. The number of thiazole rings is 1. The molecule has 158 valence electrons. The van der Waals surface area contributed by atoms with Crippen molar-refractivity contribution < 1.29 is 4.57 Å². The van der Waals surface area contributed by atoms with Crippen molar-refractivity contribution in [3.8, 4) is 5.69 Å². The van der Waals surface area contributed by atoms with Gasteiger partial charge in [0.2, 0.25) is 11.2 Å². The van der Waals surface area contributed by atoms with Crippen LogP contribution in [-0.4, -0.2) is 0 Å². The highest BCUT2D eigenvalue weighted by atomic mass is 32.1. The van der Waals surface area contributed by atoms with Crippen molar-refractivity contribution in [2.24, 2.45) is 0 Å². The lowest BCUT2D eigenvalue weighted by Gasteiger charge is -2.18. The summed E-state index contributed by atoms with van der Waals surface area (Å²) in [6, 6.07) is 28.9. The number of hydrogen-bond acceptors (Lipinski definition) is 1. The Bertz CT molecular complexity index is 1060. The van der Waals surface area contributed by atoms with E-state index in [0.717, 1.165) is 12.8 Å². The first-order chi connectivity index (χ1) is 15.0. The Hall–Kier alpha value is -2.71. The molecule has 3 aromatic carbocycles. The molecule has 1 heterocycles. The Labute approximate surface area is 191 Å². The molecule has 2 atom stereocenters. The second-order valence-electron chi connectivity index (χ2n) is 8.77. The number of aromatic nitrogens is 1. The maximum absolute atomic E-state index is 2.44. The van der Waals surface area contributed by atoms with Gasteiger partial charge in [-0.3, -0.25) is 0 Å². The van der Waals surface area contributed by atoms with Crippen LogP contribution in [0.5, 0.6) is 0 Å². The highest BCUT2D eigenvalue weighted by Crippen LogP contribution is 2.29. The molecule has 0 aliphatic heterocycles. The molecule has 0 spiro atoms.